The Morgan fingerprint density at radius 1 is 1.73 bits per heavy atom. The maximum Gasteiger partial charge on any atom is 0.194 e. The van der Waals surface area contributed by atoms with Crippen LogP contribution in [0.15, 0.2) is 23.5 Å². The lowest BCUT2D eigenvalue weighted by molar-refractivity contribution is 0.320. The Morgan fingerprint density at radius 2 is 2.45 bits per heavy atom. The first-order valence-corrected chi connectivity index (χ1v) is 3.43. The monoisotopic (exact) mass is 170 g/mol. The first-order chi connectivity index (χ1) is 5.25. The fourth-order valence-electron chi connectivity index (χ4n) is 0.749. The molecule has 0 aliphatic carbocycles. The molecular weight excluding hydrogens is 164 g/mol. The summed E-state index contributed by atoms with van der Waals surface area (Å²) in [6.45, 7) is 1.84. The molecule has 0 saturated heterocycles. The van der Waals surface area contributed by atoms with Crippen molar-refractivity contribution < 1.29 is 5.21 Å². The first-order valence-electron chi connectivity index (χ1n) is 3.05. The van der Waals surface area contributed by atoms with Crippen LogP contribution in [0.25, 0.3) is 0 Å². The van der Waals surface area contributed by atoms with Crippen molar-refractivity contribution in [2.24, 2.45) is 5.16 Å². The Balaban J connectivity index is 3.14. The van der Waals surface area contributed by atoms with Gasteiger partial charge in [0.2, 0.25) is 0 Å². The van der Waals surface area contributed by atoms with E-state index in [1.807, 2.05) is 13.0 Å². The highest BCUT2D eigenvalue weighted by Gasteiger charge is 2.03. The number of hydrogen-bond acceptors (Lipinski definition) is 3. The standard InChI is InChI=1S/C7H7ClN2O/c1-5-3-2-4-9-6(5)7(8)10-11/h2-4,11H,1H3. The van der Waals surface area contributed by atoms with Crippen molar-refractivity contribution in [2.75, 3.05) is 0 Å². The Kier molecular flexibility index (Phi) is 2.44. The summed E-state index contributed by atoms with van der Waals surface area (Å²) in [6.07, 6.45) is 1.59. The van der Waals surface area contributed by atoms with E-state index >= 15 is 0 Å². The normalized spacial score (nSPS) is 11.6. The molecule has 1 aromatic rings. The summed E-state index contributed by atoms with van der Waals surface area (Å²) in [5.74, 6) is 0. The van der Waals surface area contributed by atoms with Gasteiger partial charge in [0.05, 0.1) is 0 Å². The zero-order valence-electron chi connectivity index (χ0n) is 5.95. The van der Waals surface area contributed by atoms with Gasteiger partial charge in [0, 0.05) is 6.20 Å². The number of aryl methyl sites for hydroxylation is 1. The minimum absolute atomic E-state index is 0.0168. The second kappa shape index (κ2) is 3.34. The maximum atomic E-state index is 8.33. The van der Waals surface area contributed by atoms with E-state index in [1.165, 1.54) is 0 Å². The van der Waals surface area contributed by atoms with E-state index in [-0.39, 0.29) is 5.17 Å². The van der Waals surface area contributed by atoms with Gasteiger partial charge in [-0.1, -0.05) is 22.8 Å². The topological polar surface area (TPSA) is 45.5 Å². The highest BCUT2D eigenvalue weighted by molar-refractivity contribution is 6.69. The molecule has 4 heteroatoms. The van der Waals surface area contributed by atoms with Crippen LogP contribution in [0.4, 0.5) is 0 Å². The van der Waals surface area contributed by atoms with E-state index in [9.17, 15) is 0 Å². The molecule has 0 saturated carbocycles. The lowest BCUT2D eigenvalue weighted by Crippen LogP contribution is -1.97. The van der Waals surface area contributed by atoms with Crippen LogP contribution in [-0.4, -0.2) is 15.4 Å². The third-order valence-corrected chi connectivity index (χ3v) is 1.55. The summed E-state index contributed by atoms with van der Waals surface area (Å²) in [7, 11) is 0. The van der Waals surface area contributed by atoms with Gasteiger partial charge in [-0.25, -0.2) is 0 Å². The summed E-state index contributed by atoms with van der Waals surface area (Å²) in [6, 6.07) is 3.64. The fourth-order valence-corrected chi connectivity index (χ4v) is 0.947. The van der Waals surface area contributed by atoms with Crippen LogP contribution in [0.5, 0.6) is 0 Å². The summed E-state index contributed by atoms with van der Waals surface area (Å²) < 4.78 is 0. The van der Waals surface area contributed by atoms with Gasteiger partial charge in [-0.3, -0.25) is 4.98 Å². The van der Waals surface area contributed by atoms with Crippen molar-refractivity contribution >= 4 is 16.8 Å². The quantitative estimate of drug-likeness (QED) is 0.397. The van der Waals surface area contributed by atoms with Crippen LogP contribution in [0.2, 0.25) is 0 Å². The summed E-state index contributed by atoms with van der Waals surface area (Å²) >= 11 is 5.53. The van der Waals surface area contributed by atoms with Crippen molar-refractivity contribution in [3.63, 3.8) is 0 Å². The van der Waals surface area contributed by atoms with Gasteiger partial charge in [-0.15, -0.1) is 0 Å². The van der Waals surface area contributed by atoms with Crippen LogP contribution in [0.3, 0.4) is 0 Å². The molecule has 0 aliphatic heterocycles. The van der Waals surface area contributed by atoms with Crippen LogP contribution >= 0.6 is 11.6 Å². The van der Waals surface area contributed by atoms with Crippen molar-refractivity contribution in [1.82, 2.24) is 4.98 Å². The van der Waals surface area contributed by atoms with Crippen molar-refractivity contribution in [1.29, 1.82) is 0 Å². The number of pyridine rings is 1. The molecule has 1 N–H and O–H groups in total. The number of aromatic nitrogens is 1. The summed E-state index contributed by atoms with van der Waals surface area (Å²) in [5, 5.41) is 11.2. The number of oxime groups is 1. The van der Waals surface area contributed by atoms with Crippen LogP contribution in [0, 0.1) is 6.92 Å². The molecule has 11 heavy (non-hydrogen) atoms. The van der Waals surface area contributed by atoms with E-state index in [0.29, 0.717) is 5.69 Å². The highest BCUT2D eigenvalue weighted by Crippen LogP contribution is 2.06. The van der Waals surface area contributed by atoms with Gasteiger partial charge < -0.3 is 5.21 Å². The molecule has 0 radical (unpaired) electrons. The van der Waals surface area contributed by atoms with E-state index < -0.39 is 0 Å². The summed E-state index contributed by atoms with van der Waals surface area (Å²) in [5.41, 5.74) is 1.40. The predicted octanol–water partition coefficient (Wildman–Crippen LogP) is 1.76. The maximum absolute atomic E-state index is 8.33. The molecule has 0 spiro atoms. The van der Waals surface area contributed by atoms with Crippen molar-refractivity contribution in [2.45, 2.75) is 6.92 Å². The second-order valence-electron chi connectivity index (χ2n) is 2.06. The molecule has 3 nitrogen and oxygen atoms in total. The zero-order valence-corrected chi connectivity index (χ0v) is 6.71. The molecule has 0 amide bonds. The predicted molar refractivity (Wildman–Crippen MR) is 43.2 cm³/mol. The number of rotatable bonds is 1. The lowest BCUT2D eigenvalue weighted by Gasteiger charge is -1.98. The van der Waals surface area contributed by atoms with Gasteiger partial charge in [0.15, 0.2) is 5.17 Å². The second-order valence-corrected chi connectivity index (χ2v) is 2.42. The van der Waals surface area contributed by atoms with E-state index in [1.54, 1.807) is 12.3 Å². The Labute approximate surface area is 69.3 Å². The molecule has 1 rings (SSSR count). The molecule has 0 aliphatic rings. The minimum atomic E-state index is 0.0168. The minimum Gasteiger partial charge on any atom is -0.410 e. The molecule has 0 atom stereocenters. The molecule has 0 aromatic carbocycles. The number of halogens is 1. The average Bonchev–Trinajstić information content (AvgIpc) is 2.04. The van der Waals surface area contributed by atoms with Crippen molar-refractivity contribution in [3.05, 3.63) is 29.6 Å². The zero-order chi connectivity index (χ0) is 8.27. The average molecular weight is 171 g/mol. The van der Waals surface area contributed by atoms with Crippen LogP contribution in [0.1, 0.15) is 11.3 Å². The Morgan fingerprint density at radius 3 is 3.00 bits per heavy atom. The largest absolute Gasteiger partial charge is 0.410 e. The first kappa shape index (κ1) is 8.01. The molecule has 58 valence electrons. The Hall–Kier alpha value is -1.09. The molecule has 0 fully saturated rings. The lowest BCUT2D eigenvalue weighted by atomic mass is 10.2. The highest BCUT2D eigenvalue weighted by atomic mass is 35.5. The van der Waals surface area contributed by atoms with Gasteiger partial charge >= 0.3 is 0 Å². The molecule has 0 unspecified atom stereocenters. The molecular formula is C7H7ClN2O. The van der Waals surface area contributed by atoms with E-state index in [2.05, 4.69) is 10.1 Å². The molecule has 1 heterocycles. The van der Waals surface area contributed by atoms with Gasteiger partial charge in [0.1, 0.15) is 5.69 Å². The number of nitrogens with zero attached hydrogens (tertiary/aromatic N) is 2. The van der Waals surface area contributed by atoms with Gasteiger partial charge in [-0.05, 0) is 18.6 Å². The summed E-state index contributed by atoms with van der Waals surface area (Å²) in [4.78, 5) is 3.93. The van der Waals surface area contributed by atoms with Crippen molar-refractivity contribution in [3.8, 4) is 0 Å². The third kappa shape index (κ3) is 1.68. The molecule has 1 aromatic heterocycles. The van der Waals surface area contributed by atoms with Gasteiger partial charge in [-0.2, -0.15) is 0 Å². The SMILES string of the molecule is Cc1cccnc1C(Cl)=NO. The molecule has 0 bridgehead atoms. The number of hydrogen-bond donors (Lipinski definition) is 1. The van der Waals surface area contributed by atoms with Crippen LogP contribution in [-0.2, 0) is 0 Å². The Bertz CT molecular complexity index is 286. The van der Waals surface area contributed by atoms with Gasteiger partial charge in [0.25, 0.3) is 0 Å². The fraction of sp³-hybridized carbons (Fsp3) is 0.143. The third-order valence-electron chi connectivity index (χ3n) is 1.29. The smallest absolute Gasteiger partial charge is 0.194 e. The van der Waals surface area contributed by atoms with Crippen LogP contribution < -0.4 is 0 Å². The van der Waals surface area contributed by atoms with E-state index in [4.69, 9.17) is 16.8 Å². The van der Waals surface area contributed by atoms with E-state index in [0.717, 1.165) is 5.56 Å².